The quantitative estimate of drug-likeness (QED) is 0.516. The van der Waals surface area contributed by atoms with Gasteiger partial charge < -0.3 is 0 Å². The average molecular weight is 258 g/mol. The minimum absolute atomic E-state index is 0.837. The zero-order valence-electron chi connectivity index (χ0n) is 13.2. The summed E-state index contributed by atoms with van der Waals surface area (Å²) in [6.45, 7) is 13.1. The van der Waals surface area contributed by atoms with Gasteiger partial charge in [-0.05, 0) is 49.1 Å². The first-order chi connectivity index (χ1) is 8.97. The molecule has 0 nitrogen and oxygen atoms in total. The summed E-state index contributed by atoms with van der Waals surface area (Å²) in [5.74, 6) is 1.68. The third kappa shape index (κ3) is 7.20. The topological polar surface area (TPSA) is 0 Å². The molecule has 0 saturated carbocycles. The highest BCUT2D eigenvalue weighted by atomic mass is 14.1. The summed E-state index contributed by atoms with van der Waals surface area (Å²) in [5, 5.41) is 0. The SMILES string of the molecule is C=C(C)Cc1ccc(CCC(C)CCC(C)C)cc1. The van der Waals surface area contributed by atoms with Crippen LogP contribution < -0.4 is 0 Å². The van der Waals surface area contributed by atoms with Crippen molar-refractivity contribution in [3.05, 3.63) is 47.5 Å². The fraction of sp³-hybridized carbons (Fsp3) is 0.579. The summed E-state index contributed by atoms with van der Waals surface area (Å²) in [7, 11) is 0. The lowest BCUT2D eigenvalue weighted by molar-refractivity contribution is 0.428. The van der Waals surface area contributed by atoms with E-state index in [1.165, 1.54) is 42.4 Å². The van der Waals surface area contributed by atoms with E-state index in [2.05, 4.69) is 58.5 Å². The summed E-state index contributed by atoms with van der Waals surface area (Å²) < 4.78 is 0. The maximum atomic E-state index is 3.97. The van der Waals surface area contributed by atoms with E-state index in [-0.39, 0.29) is 0 Å². The van der Waals surface area contributed by atoms with E-state index in [1.54, 1.807) is 0 Å². The standard InChI is InChI=1S/C19H30/c1-15(2)6-7-17(5)8-9-18-10-12-19(13-11-18)14-16(3)4/h10-13,15,17H,3,6-9,14H2,1-2,4-5H3. The van der Waals surface area contributed by atoms with E-state index in [9.17, 15) is 0 Å². The lowest BCUT2D eigenvalue weighted by atomic mass is 9.93. The van der Waals surface area contributed by atoms with Gasteiger partial charge >= 0.3 is 0 Å². The van der Waals surface area contributed by atoms with Gasteiger partial charge in [0.2, 0.25) is 0 Å². The highest BCUT2D eigenvalue weighted by Crippen LogP contribution is 2.18. The van der Waals surface area contributed by atoms with E-state index >= 15 is 0 Å². The number of hydrogen-bond donors (Lipinski definition) is 0. The fourth-order valence-electron chi connectivity index (χ4n) is 2.35. The van der Waals surface area contributed by atoms with Gasteiger partial charge in [0.1, 0.15) is 0 Å². The number of allylic oxidation sites excluding steroid dienone is 1. The maximum absolute atomic E-state index is 3.97. The molecule has 0 amide bonds. The van der Waals surface area contributed by atoms with Crippen molar-refractivity contribution in [1.29, 1.82) is 0 Å². The van der Waals surface area contributed by atoms with Crippen molar-refractivity contribution in [1.82, 2.24) is 0 Å². The molecule has 0 aromatic heterocycles. The molecule has 1 unspecified atom stereocenters. The molecule has 0 spiro atoms. The van der Waals surface area contributed by atoms with Gasteiger partial charge in [-0.3, -0.25) is 0 Å². The summed E-state index contributed by atoms with van der Waals surface area (Å²) in [6, 6.07) is 9.08. The molecule has 106 valence electrons. The van der Waals surface area contributed by atoms with Crippen LogP contribution in [0.1, 0.15) is 58.1 Å². The van der Waals surface area contributed by atoms with Gasteiger partial charge in [0.25, 0.3) is 0 Å². The Labute approximate surface area is 119 Å². The van der Waals surface area contributed by atoms with E-state index in [0.29, 0.717) is 0 Å². The lowest BCUT2D eigenvalue weighted by Gasteiger charge is -2.13. The van der Waals surface area contributed by atoms with Gasteiger partial charge in [-0.1, -0.05) is 70.0 Å². The normalized spacial score (nSPS) is 12.7. The van der Waals surface area contributed by atoms with E-state index < -0.39 is 0 Å². The van der Waals surface area contributed by atoms with Crippen LogP contribution in [0, 0.1) is 11.8 Å². The molecule has 0 aliphatic carbocycles. The molecule has 0 heterocycles. The Balaban J connectivity index is 2.35. The predicted molar refractivity (Wildman–Crippen MR) is 86.5 cm³/mol. The molecule has 1 atom stereocenters. The van der Waals surface area contributed by atoms with Crippen molar-refractivity contribution < 1.29 is 0 Å². The van der Waals surface area contributed by atoms with Gasteiger partial charge in [0, 0.05) is 0 Å². The molecule has 0 heteroatoms. The molecule has 0 aliphatic rings. The van der Waals surface area contributed by atoms with Crippen LogP contribution in [-0.2, 0) is 12.8 Å². The second-order valence-electron chi connectivity index (χ2n) is 6.57. The third-order valence-corrected chi connectivity index (χ3v) is 3.69. The van der Waals surface area contributed by atoms with Gasteiger partial charge in [0.15, 0.2) is 0 Å². The van der Waals surface area contributed by atoms with E-state index in [0.717, 1.165) is 18.3 Å². The molecule has 0 fully saturated rings. The molecule has 0 bridgehead atoms. The van der Waals surface area contributed by atoms with Crippen LogP contribution in [0.3, 0.4) is 0 Å². The van der Waals surface area contributed by atoms with Crippen LogP contribution in [0.25, 0.3) is 0 Å². The Morgan fingerprint density at radius 1 is 0.947 bits per heavy atom. The molecule has 19 heavy (non-hydrogen) atoms. The molecule has 0 N–H and O–H groups in total. The Morgan fingerprint density at radius 2 is 1.53 bits per heavy atom. The summed E-state index contributed by atoms with van der Waals surface area (Å²) in [5.41, 5.74) is 4.08. The van der Waals surface area contributed by atoms with Crippen molar-refractivity contribution in [2.24, 2.45) is 11.8 Å². The minimum Gasteiger partial charge on any atom is -0.0998 e. The van der Waals surface area contributed by atoms with Gasteiger partial charge in [0.05, 0.1) is 0 Å². The van der Waals surface area contributed by atoms with Gasteiger partial charge in [-0.25, -0.2) is 0 Å². The number of benzene rings is 1. The minimum atomic E-state index is 0.837. The second-order valence-corrected chi connectivity index (χ2v) is 6.57. The second kappa shape index (κ2) is 8.19. The molecule has 1 rings (SSSR count). The van der Waals surface area contributed by atoms with E-state index in [4.69, 9.17) is 0 Å². The zero-order valence-corrected chi connectivity index (χ0v) is 13.2. The monoisotopic (exact) mass is 258 g/mol. The molecule has 1 aromatic rings. The van der Waals surface area contributed by atoms with Gasteiger partial charge in [-0.2, -0.15) is 0 Å². The number of rotatable bonds is 8. The van der Waals surface area contributed by atoms with Crippen molar-refractivity contribution in [2.45, 2.75) is 59.8 Å². The third-order valence-electron chi connectivity index (χ3n) is 3.69. The molecule has 0 radical (unpaired) electrons. The Kier molecular flexibility index (Phi) is 6.91. The molecular weight excluding hydrogens is 228 g/mol. The van der Waals surface area contributed by atoms with E-state index in [1.807, 2.05) is 0 Å². The smallest absolute Gasteiger partial charge is 0.00726 e. The summed E-state index contributed by atoms with van der Waals surface area (Å²) in [4.78, 5) is 0. The molecule has 0 aliphatic heterocycles. The molecular formula is C19H30. The van der Waals surface area contributed by atoms with Crippen molar-refractivity contribution in [2.75, 3.05) is 0 Å². The maximum Gasteiger partial charge on any atom is -0.00726 e. The Bertz CT molecular complexity index is 370. The van der Waals surface area contributed by atoms with Crippen LogP contribution in [-0.4, -0.2) is 0 Å². The Hall–Kier alpha value is -1.04. The van der Waals surface area contributed by atoms with Crippen molar-refractivity contribution in [3.8, 4) is 0 Å². The van der Waals surface area contributed by atoms with Gasteiger partial charge in [-0.15, -0.1) is 0 Å². The predicted octanol–water partition coefficient (Wildman–Crippen LogP) is 5.81. The van der Waals surface area contributed by atoms with Crippen LogP contribution in [0.5, 0.6) is 0 Å². The molecule has 1 aromatic carbocycles. The first-order valence-corrected chi connectivity index (χ1v) is 7.69. The Morgan fingerprint density at radius 3 is 2.05 bits per heavy atom. The average Bonchev–Trinajstić information content (AvgIpc) is 2.35. The highest BCUT2D eigenvalue weighted by Gasteiger charge is 2.04. The van der Waals surface area contributed by atoms with Crippen molar-refractivity contribution in [3.63, 3.8) is 0 Å². The highest BCUT2D eigenvalue weighted by molar-refractivity contribution is 5.25. The first-order valence-electron chi connectivity index (χ1n) is 7.69. The summed E-state index contributed by atoms with van der Waals surface area (Å²) >= 11 is 0. The number of hydrogen-bond acceptors (Lipinski definition) is 0. The van der Waals surface area contributed by atoms with Crippen LogP contribution in [0.15, 0.2) is 36.4 Å². The van der Waals surface area contributed by atoms with Crippen LogP contribution >= 0.6 is 0 Å². The largest absolute Gasteiger partial charge is 0.0998 e. The van der Waals surface area contributed by atoms with Crippen molar-refractivity contribution >= 4 is 0 Å². The summed E-state index contributed by atoms with van der Waals surface area (Å²) in [6.07, 6.45) is 6.26. The lowest BCUT2D eigenvalue weighted by Crippen LogP contribution is -2.00. The fourth-order valence-corrected chi connectivity index (χ4v) is 2.35. The van der Waals surface area contributed by atoms with Crippen LogP contribution in [0.2, 0.25) is 0 Å². The molecule has 0 saturated heterocycles. The zero-order chi connectivity index (χ0) is 14.3. The first kappa shape index (κ1) is 16.0. The van der Waals surface area contributed by atoms with Crippen LogP contribution in [0.4, 0.5) is 0 Å². The number of aryl methyl sites for hydroxylation is 1.